The van der Waals surface area contributed by atoms with Crippen LogP contribution in [0.5, 0.6) is 5.75 Å². The topological polar surface area (TPSA) is 56.1 Å². The molecule has 7 heteroatoms. The number of thioether (sulfide) groups is 1. The number of ether oxygens (including phenoxy) is 1. The molecule has 1 N–H and O–H groups in total. The van der Waals surface area contributed by atoms with Crippen LogP contribution in [0.1, 0.15) is 21.6 Å². The Morgan fingerprint density at radius 1 is 1.23 bits per heavy atom. The Balaban J connectivity index is 1.71. The second kappa shape index (κ2) is 6.84. The lowest BCUT2D eigenvalue weighted by molar-refractivity contribution is 0.102. The van der Waals surface area contributed by atoms with Gasteiger partial charge in [0.1, 0.15) is 17.4 Å². The quantitative estimate of drug-likeness (QED) is 0.755. The van der Waals surface area contributed by atoms with E-state index in [4.69, 9.17) is 4.74 Å². The summed E-state index contributed by atoms with van der Waals surface area (Å²) in [5.74, 6) is 2.16. The van der Waals surface area contributed by atoms with E-state index in [-0.39, 0.29) is 11.5 Å². The first kappa shape index (κ1) is 16.7. The highest BCUT2D eigenvalue weighted by molar-refractivity contribution is 7.98. The molecule has 0 spiro atoms. The Labute approximate surface area is 154 Å². The number of nitrogens with one attached hydrogen (secondary N) is 1. The van der Waals surface area contributed by atoms with E-state index in [1.54, 1.807) is 29.6 Å². The molecule has 0 atom stereocenters. The Morgan fingerprint density at radius 2 is 2.04 bits per heavy atom. The van der Waals surface area contributed by atoms with Crippen molar-refractivity contribution in [1.82, 2.24) is 9.78 Å². The van der Waals surface area contributed by atoms with Crippen molar-refractivity contribution in [3.05, 3.63) is 71.2 Å². The lowest BCUT2D eigenvalue weighted by atomic mass is 10.2. The van der Waals surface area contributed by atoms with Crippen LogP contribution in [0.15, 0.2) is 48.5 Å². The van der Waals surface area contributed by atoms with E-state index in [2.05, 4.69) is 10.4 Å². The largest absolute Gasteiger partial charge is 0.497 e. The molecule has 3 aromatic rings. The van der Waals surface area contributed by atoms with Gasteiger partial charge in [0, 0.05) is 22.6 Å². The zero-order chi connectivity index (χ0) is 18.1. The van der Waals surface area contributed by atoms with Gasteiger partial charge in [-0.3, -0.25) is 4.79 Å². The standard InChI is InChI=1S/C19H16FN3O2S/c1-25-15-7-5-14(6-8-15)23-18(16-10-26-11-17(16)22-23)21-19(24)12-3-2-4-13(20)9-12/h2-9H,10-11H2,1H3,(H,21,24). The third-order valence-corrected chi connectivity index (χ3v) is 5.16. The highest BCUT2D eigenvalue weighted by Crippen LogP contribution is 2.36. The van der Waals surface area contributed by atoms with E-state index in [1.165, 1.54) is 18.2 Å². The third kappa shape index (κ3) is 3.06. The summed E-state index contributed by atoms with van der Waals surface area (Å²) in [5, 5.41) is 7.56. The molecule has 132 valence electrons. The van der Waals surface area contributed by atoms with Crippen LogP contribution in [0.3, 0.4) is 0 Å². The summed E-state index contributed by atoms with van der Waals surface area (Å²) in [4.78, 5) is 12.6. The molecule has 0 saturated carbocycles. The number of aromatic nitrogens is 2. The molecule has 1 amide bonds. The van der Waals surface area contributed by atoms with E-state index in [0.717, 1.165) is 34.2 Å². The van der Waals surface area contributed by atoms with E-state index in [1.807, 2.05) is 24.3 Å². The summed E-state index contributed by atoms with van der Waals surface area (Å²) >= 11 is 1.75. The second-order valence-corrected chi connectivity index (χ2v) is 6.83. The van der Waals surface area contributed by atoms with Crippen LogP contribution in [0, 0.1) is 5.82 Å². The minimum atomic E-state index is -0.443. The number of carbonyl (C=O) groups is 1. The highest BCUT2D eigenvalue weighted by Gasteiger charge is 2.25. The fourth-order valence-electron chi connectivity index (χ4n) is 2.86. The summed E-state index contributed by atoms with van der Waals surface area (Å²) in [6.07, 6.45) is 0. The number of anilines is 1. The maximum atomic E-state index is 13.4. The van der Waals surface area contributed by atoms with Crippen molar-refractivity contribution in [1.29, 1.82) is 0 Å². The zero-order valence-corrected chi connectivity index (χ0v) is 14.8. The van der Waals surface area contributed by atoms with E-state index < -0.39 is 5.82 Å². The molecule has 0 unspecified atom stereocenters. The number of methoxy groups -OCH3 is 1. The van der Waals surface area contributed by atoms with Crippen molar-refractivity contribution in [2.24, 2.45) is 0 Å². The van der Waals surface area contributed by atoms with Gasteiger partial charge in [-0.25, -0.2) is 9.07 Å². The molecule has 2 heterocycles. The summed E-state index contributed by atoms with van der Waals surface area (Å²) in [5.41, 5.74) is 3.06. The van der Waals surface area contributed by atoms with Crippen LogP contribution in [-0.2, 0) is 11.5 Å². The van der Waals surface area contributed by atoms with Gasteiger partial charge in [-0.05, 0) is 42.5 Å². The second-order valence-electron chi connectivity index (χ2n) is 5.84. The van der Waals surface area contributed by atoms with Crippen molar-refractivity contribution >= 4 is 23.5 Å². The van der Waals surface area contributed by atoms with Crippen LogP contribution in [0.2, 0.25) is 0 Å². The molecule has 5 nitrogen and oxygen atoms in total. The average molecular weight is 369 g/mol. The van der Waals surface area contributed by atoms with Gasteiger partial charge in [-0.2, -0.15) is 16.9 Å². The first-order valence-electron chi connectivity index (χ1n) is 8.05. The number of fused-ring (bicyclic) bond motifs is 1. The lowest BCUT2D eigenvalue weighted by Gasteiger charge is -2.11. The number of benzene rings is 2. The molecule has 0 saturated heterocycles. The molecule has 0 fully saturated rings. The number of carbonyl (C=O) groups excluding carboxylic acids is 1. The number of hydrogen-bond acceptors (Lipinski definition) is 4. The van der Waals surface area contributed by atoms with Crippen LogP contribution in [0.4, 0.5) is 10.2 Å². The first-order chi connectivity index (χ1) is 12.7. The van der Waals surface area contributed by atoms with Crippen molar-refractivity contribution in [2.45, 2.75) is 11.5 Å². The molecule has 26 heavy (non-hydrogen) atoms. The number of nitrogens with zero attached hydrogens (tertiary/aromatic N) is 2. The SMILES string of the molecule is COc1ccc(-n2nc3c(c2NC(=O)c2cccc(F)c2)CSC3)cc1. The van der Waals surface area contributed by atoms with E-state index in [9.17, 15) is 9.18 Å². The Morgan fingerprint density at radius 3 is 2.77 bits per heavy atom. The van der Waals surface area contributed by atoms with Crippen LogP contribution in [0.25, 0.3) is 5.69 Å². The number of hydrogen-bond donors (Lipinski definition) is 1. The molecule has 0 bridgehead atoms. The van der Waals surface area contributed by atoms with Gasteiger partial charge in [0.15, 0.2) is 0 Å². The molecule has 1 aliphatic heterocycles. The number of rotatable bonds is 4. The minimum Gasteiger partial charge on any atom is -0.497 e. The molecular weight excluding hydrogens is 353 g/mol. The van der Waals surface area contributed by atoms with Crippen LogP contribution in [-0.4, -0.2) is 22.8 Å². The Hall–Kier alpha value is -2.80. The molecule has 4 rings (SSSR count). The summed E-state index contributed by atoms with van der Waals surface area (Å²) < 4.78 is 20.3. The normalized spacial score (nSPS) is 12.7. The molecule has 1 aliphatic rings. The van der Waals surface area contributed by atoms with Crippen LogP contribution >= 0.6 is 11.8 Å². The molecular formula is C19H16FN3O2S. The fourth-order valence-corrected chi connectivity index (χ4v) is 3.90. The molecule has 2 aromatic carbocycles. The molecule has 0 radical (unpaired) electrons. The van der Waals surface area contributed by atoms with Crippen molar-refractivity contribution in [3.8, 4) is 11.4 Å². The smallest absolute Gasteiger partial charge is 0.256 e. The third-order valence-electron chi connectivity index (χ3n) is 4.19. The predicted octanol–water partition coefficient (Wildman–Crippen LogP) is 4.02. The van der Waals surface area contributed by atoms with Gasteiger partial charge in [0.2, 0.25) is 0 Å². The zero-order valence-electron chi connectivity index (χ0n) is 14.0. The lowest BCUT2D eigenvalue weighted by Crippen LogP contribution is -2.16. The maximum absolute atomic E-state index is 13.4. The van der Waals surface area contributed by atoms with Gasteiger partial charge < -0.3 is 10.1 Å². The van der Waals surface area contributed by atoms with Gasteiger partial charge >= 0.3 is 0 Å². The average Bonchev–Trinajstić information content (AvgIpc) is 3.24. The monoisotopic (exact) mass is 369 g/mol. The summed E-state index contributed by atoms with van der Waals surface area (Å²) in [6.45, 7) is 0. The van der Waals surface area contributed by atoms with Gasteiger partial charge in [-0.1, -0.05) is 6.07 Å². The van der Waals surface area contributed by atoms with Gasteiger partial charge in [0.25, 0.3) is 5.91 Å². The Bertz CT molecular complexity index is 969. The minimum absolute atomic E-state index is 0.270. The predicted molar refractivity (Wildman–Crippen MR) is 99.5 cm³/mol. The van der Waals surface area contributed by atoms with Crippen molar-refractivity contribution in [3.63, 3.8) is 0 Å². The van der Waals surface area contributed by atoms with E-state index >= 15 is 0 Å². The molecule has 0 aliphatic carbocycles. The summed E-state index contributed by atoms with van der Waals surface area (Å²) in [6, 6.07) is 13.1. The van der Waals surface area contributed by atoms with Crippen molar-refractivity contribution in [2.75, 3.05) is 12.4 Å². The highest BCUT2D eigenvalue weighted by atomic mass is 32.2. The van der Waals surface area contributed by atoms with Crippen LogP contribution < -0.4 is 10.1 Å². The number of halogens is 1. The van der Waals surface area contributed by atoms with Gasteiger partial charge in [-0.15, -0.1) is 0 Å². The maximum Gasteiger partial charge on any atom is 0.256 e. The summed E-state index contributed by atoms with van der Waals surface area (Å²) in [7, 11) is 1.61. The van der Waals surface area contributed by atoms with E-state index in [0.29, 0.717) is 5.82 Å². The van der Waals surface area contributed by atoms with Gasteiger partial charge in [0.05, 0.1) is 18.5 Å². The Kier molecular flexibility index (Phi) is 4.38. The molecule has 1 aromatic heterocycles. The van der Waals surface area contributed by atoms with Crippen molar-refractivity contribution < 1.29 is 13.9 Å². The number of amides is 1. The fraction of sp³-hybridized carbons (Fsp3) is 0.158. The first-order valence-corrected chi connectivity index (χ1v) is 9.21.